The van der Waals surface area contributed by atoms with Crippen molar-refractivity contribution >= 4 is 21.6 Å². The maximum Gasteiger partial charge on any atom is 0.241 e. The maximum absolute atomic E-state index is 12.8. The summed E-state index contributed by atoms with van der Waals surface area (Å²) in [5.74, 6) is 0. The molecule has 0 unspecified atom stereocenters. The van der Waals surface area contributed by atoms with Gasteiger partial charge in [-0.1, -0.05) is 41.9 Å². The second-order valence-electron chi connectivity index (χ2n) is 5.96. The van der Waals surface area contributed by atoms with E-state index in [2.05, 4.69) is 4.72 Å². The Labute approximate surface area is 137 Å². The van der Waals surface area contributed by atoms with Crippen molar-refractivity contribution in [3.63, 3.8) is 0 Å². The molecule has 0 atom stereocenters. The quantitative estimate of drug-likeness (QED) is 0.910. The van der Waals surface area contributed by atoms with Crippen molar-refractivity contribution in [2.75, 3.05) is 0 Å². The highest BCUT2D eigenvalue weighted by atomic mass is 35.5. The number of sulfonamides is 1. The number of hydrogen-bond donors (Lipinski definition) is 1. The topological polar surface area (TPSA) is 46.2 Å². The summed E-state index contributed by atoms with van der Waals surface area (Å²) in [4.78, 5) is 0.262. The summed E-state index contributed by atoms with van der Waals surface area (Å²) in [6.07, 6.45) is 0. The SMILES string of the molecule is Cc1cc(S(=O)(=O)NC(C)(C)c2ccccc2)c(C)cc1Cl. The van der Waals surface area contributed by atoms with Crippen LogP contribution in [0.4, 0.5) is 0 Å². The molecular weight excluding hydrogens is 318 g/mol. The number of rotatable bonds is 4. The van der Waals surface area contributed by atoms with Crippen molar-refractivity contribution in [2.24, 2.45) is 0 Å². The third kappa shape index (κ3) is 3.51. The van der Waals surface area contributed by atoms with Gasteiger partial charge in [0.05, 0.1) is 10.4 Å². The van der Waals surface area contributed by atoms with Gasteiger partial charge in [-0.25, -0.2) is 13.1 Å². The average Bonchev–Trinajstić information content (AvgIpc) is 2.42. The Morgan fingerprint density at radius 1 is 1.00 bits per heavy atom. The van der Waals surface area contributed by atoms with Crippen molar-refractivity contribution in [1.82, 2.24) is 4.72 Å². The van der Waals surface area contributed by atoms with E-state index in [-0.39, 0.29) is 4.90 Å². The number of benzene rings is 2. The molecule has 22 heavy (non-hydrogen) atoms. The number of aryl methyl sites for hydroxylation is 2. The second kappa shape index (κ2) is 6.03. The average molecular weight is 338 g/mol. The summed E-state index contributed by atoms with van der Waals surface area (Å²) in [7, 11) is -3.64. The van der Waals surface area contributed by atoms with Gasteiger partial charge in [0.1, 0.15) is 0 Å². The Bertz CT molecular complexity index is 784. The van der Waals surface area contributed by atoms with Gasteiger partial charge in [0, 0.05) is 5.02 Å². The molecule has 0 fully saturated rings. The highest BCUT2D eigenvalue weighted by Gasteiger charge is 2.29. The van der Waals surface area contributed by atoms with Crippen LogP contribution in [0.25, 0.3) is 0 Å². The number of hydrogen-bond acceptors (Lipinski definition) is 2. The molecular formula is C17H20ClNO2S. The Morgan fingerprint density at radius 2 is 1.59 bits per heavy atom. The van der Waals surface area contributed by atoms with E-state index in [9.17, 15) is 8.42 Å². The van der Waals surface area contributed by atoms with Gasteiger partial charge in [-0.15, -0.1) is 0 Å². The summed E-state index contributed by atoms with van der Waals surface area (Å²) < 4.78 is 28.3. The van der Waals surface area contributed by atoms with E-state index < -0.39 is 15.6 Å². The van der Waals surface area contributed by atoms with Crippen LogP contribution < -0.4 is 4.72 Å². The Morgan fingerprint density at radius 3 is 2.18 bits per heavy atom. The molecule has 0 heterocycles. The van der Waals surface area contributed by atoms with E-state index in [1.54, 1.807) is 26.0 Å². The van der Waals surface area contributed by atoms with E-state index in [1.807, 2.05) is 44.2 Å². The minimum absolute atomic E-state index is 0.262. The first-order chi connectivity index (χ1) is 10.1. The zero-order chi connectivity index (χ0) is 16.5. The Kier molecular flexibility index (Phi) is 4.66. The van der Waals surface area contributed by atoms with Crippen molar-refractivity contribution < 1.29 is 8.42 Å². The van der Waals surface area contributed by atoms with Crippen LogP contribution in [0.2, 0.25) is 5.02 Å². The van der Waals surface area contributed by atoms with E-state index in [4.69, 9.17) is 11.6 Å². The van der Waals surface area contributed by atoms with Crippen molar-refractivity contribution in [1.29, 1.82) is 0 Å². The van der Waals surface area contributed by atoms with Gasteiger partial charge in [0.25, 0.3) is 0 Å². The molecule has 0 radical (unpaired) electrons. The van der Waals surface area contributed by atoms with E-state index in [0.29, 0.717) is 10.6 Å². The molecule has 5 heteroatoms. The Hall–Kier alpha value is -1.36. The van der Waals surface area contributed by atoms with Gasteiger partial charge >= 0.3 is 0 Å². The molecule has 0 aliphatic heterocycles. The van der Waals surface area contributed by atoms with Gasteiger partial charge in [-0.3, -0.25) is 0 Å². The Balaban J connectivity index is 2.42. The summed E-state index contributed by atoms with van der Waals surface area (Å²) >= 11 is 6.05. The minimum atomic E-state index is -3.64. The molecule has 0 aromatic heterocycles. The second-order valence-corrected chi connectivity index (χ2v) is 8.02. The molecule has 118 valence electrons. The van der Waals surface area contributed by atoms with Gasteiger partial charge in [0.15, 0.2) is 0 Å². The van der Waals surface area contributed by atoms with E-state index >= 15 is 0 Å². The summed E-state index contributed by atoms with van der Waals surface area (Å²) in [5.41, 5.74) is 1.57. The van der Waals surface area contributed by atoms with Crippen molar-refractivity contribution in [3.05, 3.63) is 64.2 Å². The first-order valence-corrected chi connectivity index (χ1v) is 8.86. The van der Waals surface area contributed by atoms with Crippen LogP contribution in [0.1, 0.15) is 30.5 Å². The molecule has 2 aromatic carbocycles. The van der Waals surface area contributed by atoms with Crippen molar-refractivity contribution in [2.45, 2.75) is 38.1 Å². The van der Waals surface area contributed by atoms with Crippen LogP contribution in [0, 0.1) is 13.8 Å². The fourth-order valence-corrected chi connectivity index (χ4v) is 4.28. The molecule has 0 spiro atoms. The standard InChI is InChI=1S/C17H20ClNO2S/c1-12-11-16(13(2)10-15(12)18)22(20,21)19-17(3,4)14-8-6-5-7-9-14/h5-11,19H,1-4H3. The monoisotopic (exact) mass is 337 g/mol. The highest BCUT2D eigenvalue weighted by molar-refractivity contribution is 7.89. The predicted octanol–water partition coefficient (Wildman–Crippen LogP) is 4.17. The molecule has 2 rings (SSSR count). The van der Waals surface area contributed by atoms with Crippen LogP contribution in [0.15, 0.2) is 47.4 Å². The maximum atomic E-state index is 12.8. The molecule has 0 aliphatic rings. The zero-order valence-electron chi connectivity index (χ0n) is 13.1. The zero-order valence-corrected chi connectivity index (χ0v) is 14.7. The molecule has 1 N–H and O–H groups in total. The molecule has 3 nitrogen and oxygen atoms in total. The normalized spacial score (nSPS) is 12.4. The van der Waals surface area contributed by atoms with Crippen molar-refractivity contribution in [3.8, 4) is 0 Å². The predicted molar refractivity (Wildman–Crippen MR) is 90.7 cm³/mol. The number of halogens is 1. The fourth-order valence-electron chi connectivity index (χ4n) is 2.35. The van der Waals surface area contributed by atoms with Crippen LogP contribution >= 0.6 is 11.6 Å². The molecule has 0 saturated carbocycles. The van der Waals surface area contributed by atoms with Crippen LogP contribution in [0.3, 0.4) is 0 Å². The van der Waals surface area contributed by atoms with Crippen LogP contribution in [0.5, 0.6) is 0 Å². The first kappa shape index (κ1) is 17.0. The van der Waals surface area contributed by atoms with E-state index in [1.165, 1.54) is 0 Å². The molecule has 0 bridgehead atoms. The lowest BCUT2D eigenvalue weighted by Gasteiger charge is -2.27. The largest absolute Gasteiger partial charge is 0.241 e. The fraction of sp³-hybridized carbons (Fsp3) is 0.294. The van der Waals surface area contributed by atoms with Crippen LogP contribution in [-0.2, 0) is 15.6 Å². The van der Waals surface area contributed by atoms with Gasteiger partial charge < -0.3 is 0 Å². The highest BCUT2D eigenvalue weighted by Crippen LogP contribution is 2.27. The molecule has 2 aromatic rings. The third-order valence-electron chi connectivity index (χ3n) is 3.63. The third-order valence-corrected chi connectivity index (χ3v) is 5.84. The summed E-state index contributed by atoms with van der Waals surface area (Å²) in [6.45, 7) is 7.23. The summed E-state index contributed by atoms with van der Waals surface area (Å²) in [6, 6.07) is 12.8. The minimum Gasteiger partial charge on any atom is -0.207 e. The smallest absolute Gasteiger partial charge is 0.207 e. The molecule has 0 amide bonds. The molecule has 0 saturated heterocycles. The number of nitrogens with one attached hydrogen (secondary N) is 1. The first-order valence-electron chi connectivity index (χ1n) is 7.00. The lowest BCUT2D eigenvalue weighted by molar-refractivity contribution is 0.472. The lowest BCUT2D eigenvalue weighted by atomic mass is 9.96. The van der Waals surface area contributed by atoms with E-state index in [0.717, 1.165) is 11.1 Å². The van der Waals surface area contributed by atoms with Gasteiger partial charge in [-0.05, 0) is 56.5 Å². The van der Waals surface area contributed by atoms with Crippen LogP contribution in [-0.4, -0.2) is 8.42 Å². The summed E-state index contributed by atoms with van der Waals surface area (Å²) in [5, 5.41) is 0.568. The lowest BCUT2D eigenvalue weighted by Crippen LogP contribution is -2.41. The van der Waals surface area contributed by atoms with Gasteiger partial charge in [-0.2, -0.15) is 0 Å². The van der Waals surface area contributed by atoms with Gasteiger partial charge in [0.2, 0.25) is 10.0 Å². The molecule has 0 aliphatic carbocycles.